The Kier molecular flexibility index (Phi) is 3.57. The van der Waals surface area contributed by atoms with Gasteiger partial charge in [0.25, 0.3) is 5.91 Å². The standard InChI is InChI=1S/C14H11FN4OS/c1-16-14-18-13(20)12(21-14)6-9-7-17-19(8-9)11-5-3-2-4-10(11)15/h2-8H,1H3,(H,16,18,20)/b12-6-. The Morgan fingerprint density at radius 1 is 1.43 bits per heavy atom. The van der Waals surface area contributed by atoms with E-state index in [1.807, 2.05) is 0 Å². The number of amidine groups is 1. The first kappa shape index (κ1) is 13.6. The number of thioether (sulfide) groups is 1. The van der Waals surface area contributed by atoms with Crippen LogP contribution in [0.4, 0.5) is 4.39 Å². The Morgan fingerprint density at radius 2 is 2.24 bits per heavy atom. The lowest BCUT2D eigenvalue weighted by molar-refractivity contribution is -0.115. The van der Waals surface area contributed by atoms with Gasteiger partial charge in [-0.15, -0.1) is 0 Å². The normalized spacial score (nSPS) is 18.5. The highest BCUT2D eigenvalue weighted by Gasteiger charge is 2.23. The van der Waals surface area contributed by atoms with Crippen molar-refractivity contribution in [2.24, 2.45) is 4.99 Å². The second-order valence-corrected chi connectivity index (χ2v) is 5.29. The molecular formula is C14H11FN4OS. The van der Waals surface area contributed by atoms with Crippen molar-refractivity contribution in [1.82, 2.24) is 15.1 Å². The minimum atomic E-state index is -0.354. The van der Waals surface area contributed by atoms with Crippen LogP contribution in [0.15, 0.2) is 46.6 Å². The lowest BCUT2D eigenvalue weighted by Gasteiger charge is -2.01. The van der Waals surface area contributed by atoms with Gasteiger partial charge < -0.3 is 5.32 Å². The Bertz CT molecular complexity index is 766. The van der Waals surface area contributed by atoms with Crippen LogP contribution >= 0.6 is 11.8 Å². The van der Waals surface area contributed by atoms with Crippen LogP contribution in [0.3, 0.4) is 0 Å². The van der Waals surface area contributed by atoms with E-state index in [0.29, 0.717) is 21.3 Å². The third-order valence-electron chi connectivity index (χ3n) is 2.85. The number of carbonyl (C=O) groups is 1. The summed E-state index contributed by atoms with van der Waals surface area (Å²) in [5.74, 6) is -0.549. The second-order valence-electron chi connectivity index (χ2n) is 4.26. The van der Waals surface area contributed by atoms with Crippen molar-refractivity contribution in [3.63, 3.8) is 0 Å². The predicted octanol–water partition coefficient (Wildman–Crippen LogP) is 2.20. The number of aliphatic imine (C=N–C) groups is 1. The number of nitrogens with zero attached hydrogens (tertiary/aromatic N) is 3. The van der Waals surface area contributed by atoms with Crippen LogP contribution in [0.25, 0.3) is 11.8 Å². The molecule has 1 aliphatic heterocycles. The molecule has 1 fully saturated rings. The molecular weight excluding hydrogens is 291 g/mol. The summed E-state index contributed by atoms with van der Waals surface area (Å²) in [6.07, 6.45) is 4.94. The van der Waals surface area contributed by atoms with Crippen LogP contribution in [0, 0.1) is 5.82 Å². The summed E-state index contributed by atoms with van der Waals surface area (Å²) in [5.41, 5.74) is 1.08. The highest BCUT2D eigenvalue weighted by Crippen LogP contribution is 2.25. The van der Waals surface area contributed by atoms with Gasteiger partial charge in [0, 0.05) is 18.8 Å². The number of nitrogens with one attached hydrogen (secondary N) is 1. The number of benzene rings is 1. The highest BCUT2D eigenvalue weighted by molar-refractivity contribution is 8.18. The summed E-state index contributed by atoms with van der Waals surface area (Å²) >= 11 is 1.26. The van der Waals surface area contributed by atoms with E-state index in [2.05, 4.69) is 15.4 Å². The van der Waals surface area contributed by atoms with Crippen molar-refractivity contribution in [2.75, 3.05) is 7.05 Å². The maximum absolute atomic E-state index is 13.7. The summed E-state index contributed by atoms with van der Waals surface area (Å²) in [7, 11) is 1.61. The van der Waals surface area contributed by atoms with Gasteiger partial charge in [0.15, 0.2) is 5.17 Å². The van der Waals surface area contributed by atoms with Crippen LogP contribution in [0.5, 0.6) is 0 Å². The minimum absolute atomic E-state index is 0.195. The molecule has 0 unspecified atom stereocenters. The van der Waals surface area contributed by atoms with Gasteiger partial charge in [0.05, 0.1) is 11.1 Å². The molecule has 2 heterocycles. The van der Waals surface area contributed by atoms with Gasteiger partial charge in [-0.1, -0.05) is 12.1 Å². The molecule has 1 amide bonds. The lowest BCUT2D eigenvalue weighted by Crippen LogP contribution is -2.19. The number of aromatic nitrogens is 2. The topological polar surface area (TPSA) is 59.3 Å². The number of rotatable bonds is 2. The van der Waals surface area contributed by atoms with Crippen molar-refractivity contribution < 1.29 is 9.18 Å². The Morgan fingerprint density at radius 3 is 2.95 bits per heavy atom. The molecule has 1 aromatic heterocycles. The molecule has 2 aromatic rings. The molecule has 0 bridgehead atoms. The van der Waals surface area contributed by atoms with Gasteiger partial charge in [0.1, 0.15) is 11.5 Å². The van der Waals surface area contributed by atoms with E-state index in [-0.39, 0.29) is 11.7 Å². The van der Waals surface area contributed by atoms with Crippen LogP contribution < -0.4 is 5.32 Å². The Balaban J connectivity index is 1.90. The van der Waals surface area contributed by atoms with Crippen molar-refractivity contribution >= 4 is 28.9 Å². The van der Waals surface area contributed by atoms with Gasteiger partial charge >= 0.3 is 0 Å². The summed E-state index contributed by atoms with van der Waals surface area (Å²) in [4.78, 5) is 16.2. The zero-order valence-corrected chi connectivity index (χ0v) is 11.9. The fourth-order valence-electron chi connectivity index (χ4n) is 1.86. The summed E-state index contributed by atoms with van der Waals surface area (Å²) < 4.78 is 15.1. The quantitative estimate of drug-likeness (QED) is 0.865. The maximum Gasteiger partial charge on any atom is 0.264 e. The molecule has 1 saturated heterocycles. The van der Waals surface area contributed by atoms with Gasteiger partial charge in [-0.05, 0) is 30.0 Å². The molecule has 1 aromatic carbocycles. The fraction of sp³-hybridized carbons (Fsp3) is 0.0714. The Labute approximate surface area is 124 Å². The summed E-state index contributed by atoms with van der Waals surface area (Å²) in [6.45, 7) is 0. The Hall–Kier alpha value is -2.41. The van der Waals surface area contributed by atoms with E-state index < -0.39 is 0 Å². The third-order valence-corrected chi connectivity index (χ3v) is 3.85. The van der Waals surface area contributed by atoms with Crippen molar-refractivity contribution in [1.29, 1.82) is 0 Å². The summed E-state index contributed by atoms with van der Waals surface area (Å²) in [5, 5.41) is 7.32. The lowest BCUT2D eigenvalue weighted by atomic mass is 10.3. The molecule has 1 N–H and O–H groups in total. The molecule has 3 rings (SSSR count). The highest BCUT2D eigenvalue weighted by atomic mass is 32.2. The van der Waals surface area contributed by atoms with Crippen molar-refractivity contribution in [2.45, 2.75) is 0 Å². The number of amides is 1. The zero-order chi connectivity index (χ0) is 14.8. The molecule has 1 aliphatic rings. The maximum atomic E-state index is 13.7. The largest absolute Gasteiger partial charge is 0.301 e. The third kappa shape index (κ3) is 2.73. The first-order chi connectivity index (χ1) is 10.2. The van der Waals surface area contributed by atoms with Crippen molar-refractivity contribution in [3.8, 4) is 5.69 Å². The molecule has 0 spiro atoms. The number of halogens is 1. The average Bonchev–Trinajstić information content (AvgIpc) is 3.07. The van der Waals surface area contributed by atoms with E-state index in [9.17, 15) is 9.18 Å². The van der Waals surface area contributed by atoms with E-state index in [1.165, 1.54) is 22.5 Å². The average molecular weight is 302 g/mol. The van der Waals surface area contributed by atoms with Crippen LogP contribution in [-0.4, -0.2) is 27.9 Å². The van der Waals surface area contributed by atoms with Crippen molar-refractivity contribution in [3.05, 3.63) is 52.9 Å². The smallest absolute Gasteiger partial charge is 0.264 e. The van der Waals surface area contributed by atoms with E-state index >= 15 is 0 Å². The predicted molar refractivity (Wildman–Crippen MR) is 80.6 cm³/mol. The van der Waals surface area contributed by atoms with E-state index in [4.69, 9.17) is 0 Å². The molecule has 0 saturated carbocycles. The van der Waals surface area contributed by atoms with Crippen LogP contribution in [-0.2, 0) is 4.79 Å². The first-order valence-electron chi connectivity index (χ1n) is 6.14. The molecule has 21 heavy (non-hydrogen) atoms. The SMILES string of the molecule is CN=C1NC(=O)/C(=C/c2cnn(-c3ccccc3F)c2)S1. The van der Waals surface area contributed by atoms with Gasteiger partial charge in [-0.3, -0.25) is 9.79 Å². The second kappa shape index (κ2) is 5.53. The zero-order valence-electron chi connectivity index (χ0n) is 11.1. The van der Waals surface area contributed by atoms with Crippen LogP contribution in [0.2, 0.25) is 0 Å². The molecule has 0 aliphatic carbocycles. The number of hydrogen-bond donors (Lipinski definition) is 1. The summed E-state index contributed by atoms with van der Waals surface area (Å²) in [6, 6.07) is 6.37. The number of para-hydroxylation sites is 1. The van der Waals surface area contributed by atoms with Gasteiger partial charge in [-0.25, -0.2) is 9.07 Å². The monoisotopic (exact) mass is 302 g/mol. The molecule has 0 atom stereocenters. The molecule has 7 heteroatoms. The number of carbonyl (C=O) groups excluding carboxylic acids is 1. The molecule has 5 nitrogen and oxygen atoms in total. The van der Waals surface area contributed by atoms with E-state index in [1.54, 1.807) is 43.7 Å². The minimum Gasteiger partial charge on any atom is -0.301 e. The van der Waals surface area contributed by atoms with Gasteiger partial charge in [0.2, 0.25) is 0 Å². The number of hydrogen-bond acceptors (Lipinski definition) is 4. The van der Waals surface area contributed by atoms with Crippen LogP contribution in [0.1, 0.15) is 5.56 Å². The van der Waals surface area contributed by atoms with E-state index in [0.717, 1.165) is 0 Å². The molecule has 0 radical (unpaired) electrons. The fourth-order valence-corrected chi connectivity index (χ4v) is 2.65. The molecule has 106 valence electrons. The first-order valence-corrected chi connectivity index (χ1v) is 6.96. The van der Waals surface area contributed by atoms with Gasteiger partial charge in [-0.2, -0.15) is 5.10 Å².